The Labute approximate surface area is 175 Å². The van der Waals surface area contributed by atoms with E-state index in [0.29, 0.717) is 19.0 Å². The molecule has 2 aromatic rings. The summed E-state index contributed by atoms with van der Waals surface area (Å²) in [7, 11) is 0. The Morgan fingerprint density at radius 2 is 1.59 bits per heavy atom. The molecule has 0 aliphatic carbocycles. The van der Waals surface area contributed by atoms with Crippen molar-refractivity contribution in [2.75, 3.05) is 6.54 Å². The van der Waals surface area contributed by atoms with Gasteiger partial charge in [-0.15, -0.1) is 0 Å². The molecule has 0 spiro atoms. The third kappa shape index (κ3) is 6.74. The summed E-state index contributed by atoms with van der Waals surface area (Å²) in [4.78, 5) is 27.7. The normalized spacial score (nSPS) is 12.0. The van der Waals surface area contributed by atoms with Crippen molar-refractivity contribution in [3.05, 3.63) is 70.3 Å². The van der Waals surface area contributed by atoms with Crippen molar-refractivity contribution in [1.82, 2.24) is 10.2 Å². The molecular weight excluding hydrogens is 360 g/mol. The topological polar surface area (TPSA) is 49.4 Å². The molecule has 0 aromatic heterocycles. The van der Waals surface area contributed by atoms with Gasteiger partial charge in [-0.3, -0.25) is 9.59 Å². The van der Waals surface area contributed by atoms with Crippen LogP contribution < -0.4 is 5.32 Å². The van der Waals surface area contributed by atoms with E-state index in [1.165, 1.54) is 0 Å². The Morgan fingerprint density at radius 3 is 2.17 bits per heavy atom. The molecular formula is C25H34N2O2. The van der Waals surface area contributed by atoms with E-state index in [1.54, 1.807) is 4.90 Å². The fraction of sp³-hybridized carbons (Fsp3) is 0.440. The monoisotopic (exact) mass is 394 g/mol. The van der Waals surface area contributed by atoms with Crippen LogP contribution >= 0.6 is 0 Å². The van der Waals surface area contributed by atoms with Crippen LogP contribution in [0.15, 0.2) is 42.5 Å². The lowest BCUT2D eigenvalue weighted by atomic mass is 10.0. The molecule has 0 saturated heterocycles. The molecule has 0 aliphatic rings. The first kappa shape index (κ1) is 22.7. The van der Waals surface area contributed by atoms with Crippen LogP contribution in [-0.4, -0.2) is 29.3 Å². The van der Waals surface area contributed by atoms with Crippen LogP contribution in [-0.2, 0) is 22.6 Å². The average molecular weight is 395 g/mol. The lowest BCUT2D eigenvalue weighted by Crippen LogP contribution is -2.48. The molecule has 4 heteroatoms. The average Bonchev–Trinajstić information content (AvgIpc) is 2.63. The summed E-state index contributed by atoms with van der Waals surface area (Å²) in [6, 6.07) is 13.7. The zero-order valence-corrected chi connectivity index (χ0v) is 18.6. The number of nitrogens with one attached hydrogen (secondary N) is 1. The van der Waals surface area contributed by atoms with Crippen molar-refractivity contribution in [1.29, 1.82) is 0 Å². The number of nitrogens with zero attached hydrogens (tertiary/aromatic N) is 1. The van der Waals surface area contributed by atoms with Gasteiger partial charge in [-0.05, 0) is 50.3 Å². The summed E-state index contributed by atoms with van der Waals surface area (Å²) in [5, 5.41) is 2.97. The number of benzene rings is 2. The molecule has 1 atom stereocenters. The second-order valence-electron chi connectivity index (χ2n) is 8.44. The molecule has 156 valence electrons. The molecule has 2 aromatic carbocycles. The molecule has 4 nitrogen and oxygen atoms in total. The largest absolute Gasteiger partial charge is 0.354 e. The molecule has 0 bridgehead atoms. The lowest BCUT2D eigenvalue weighted by molar-refractivity contribution is -0.140. The lowest BCUT2D eigenvalue weighted by Gasteiger charge is -2.29. The van der Waals surface area contributed by atoms with Crippen molar-refractivity contribution < 1.29 is 9.59 Å². The van der Waals surface area contributed by atoms with Gasteiger partial charge in [0.15, 0.2) is 0 Å². The fourth-order valence-corrected chi connectivity index (χ4v) is 3.45. The second-order valence-corrected chi connectivity index (χ2v) is 8.44. The highest BCUT2D eigenvalue weighted by atomic mass is 16.2. The summed E-state index contributed by atoms with van der Waals surface area (Å²) >= 11 is 0. The predicted octanol–water partition coefficient (Wildman–Crippen LogP) is 4.34. The van der Waals surface area contributed by atoms with Crippen LogP contribution in [0.25, 0.3) is 0 Å². The minimum atomic E-state index is -0.535. The van der Waals surface area contributed by atoms with Gasteiger partial charge < -0.3 is 10.2 Å². The summed E-state index contributed by atoms with van der Waals surface area (Å²) in [5.41, 5.74) is 5.44. The zero-order chi connectivity index (χ0) is 21.6. The first-order valence-corrected chi connectivity index (χ1v) is 10.4. The van der Waals surface area contributed by atoms with E-state index in [9.17, 15) is 9.59 Å². The molecule has 2 rings (SSSR count). The van der Waals surface area contributed by atoms with Gasteiger partial charge in [0.25, 0.3) is 0 Å². The maximum atomic E-state index is 13.3. The minimum Gasteiger partial charge on any atom is -0.354 e. The molecule has 2 amide bonds. The van der Waals surface area contributed by atoms with Crippen LogP contribution in [0.5, 0.6) is 0 Å². The van der Waals surface area contributed by atoms with Crippen LogP contribution in [0, 0.1) is 26.7 Å². The number of aryl methyl sites for hydroxylation is 3. The van der Waals surface area contributed by atoms with E-state index in [4.69, 9.17) is 0 Å². The quantitative estimate of drug-likeness (QED) is 0.724. The van der Waals surface area contributed by atoms with Crippen LogP contribution in [0.3, 0.4) is 0 Å². The van der Waals surface area contributed by atoms with Gasteiger partial charge in [0.2, 0.25) is 11.8 Å². The van der Waals surface area contributed by atoms with Gasteiger partial charge in [-0.25, -0.2) is 0 Å². The summed E-state index contributed by atoms with van der Waals surface area (Å²) in [5.74, 6) is 0.216. The number of carbonyl (C=O) groups is 2. The summed E-state index contributed by atoms with van der Waals surface area (Å²) < 4.78 is 0. The molecule has 0 aliphatic heterocycles. The van der Waals surface area contributed by atoms with E-state index >= 15 is 0 Å². The van der Waals surface area contributed by atoms with Crippen molar-refractivity contribution >= 4 is 11.8 Å². The van der Waals surface area contributed by atoms with Crippen LogP contribution in [0.4, 0.5) is 0 Å². The van der Waals surface area contributed by atoms with Crippen molar-refractivity contribution in [3.8, 4) is 0 Å². The standard InChI is InChI=1S/C25H34N2O2/c1-17(2)15-26-25(29)21(6)27(16-23-10-8-7-9-20(23)5)24(28)14-22-12-18(3)11-19(4)13-22/h7-13,17,21H,14-16H2,1-6H3,(H,26,29)/t21-/m0/s1. The fourth-order valence-electron chi connectivity index (χ4n) is 3.45. The number of hydrogen-bond acceptors (Lipinski definition) is 2. The highest BCUT2D eigenvalue weighted by molar-refractivity contribution is 5.88. The second kappa shape index (κ2) is 10.2. The van der Waals surface area contributed by atoms with E-state index in [2.05, 4.69) is 25.2 Å². The molecule has 0 unspecified atom stereocenters. The number of rotatable bonds is 8. The number of carbonyl (C=O) groups excluding carboxylic acids is 2. The predicted molar refractivity (Wildman–Crippen MR) is 119 cm³/mol. The van der Waals surface area contributed by atoms with E-state index in [0.717, 1.165) is 27.8 Å². The van der Waals surface area contributed by atoms with Gasteiger partial charge in [0.1, 0.15) is 6.04 Å². The first-order chi connectivity index (χ1) is 13.7. The van der Waals surface area contributed by atoms with E-state index < -0.39 is 6.04 Å². The van der Waals surface area contributed by atoms with Crippen LogP contribution in [0.2, 0.25) is 0 Å². The molecule has 0 heterocycles. The third-order valence-corrected chi connectivity index (χ3v) is 5.09. The molecule has 29 heavy (non-hydrogen) atoms. The smallest absolute Gasteiger partial charge is 0.242 e. The molecule has 0 saturated carbocycles. The van der Waals surface area contributed by atoms with E-state index in [-0.39, 0.29) is 18.2 Å². The Balaban J connectivity index is 2.26. The third-order valence-electron chi connectivity index (χ3n) is 5.09. The highest BCUT2D eigenvalue weighted by Crippen LogP contribution is 2.16. The first-order valence-electron chi connectivity index (χ1n) is 10.4. The minimum absolute atomic E-state index is 0.0366. The maximum absolute atomic E-state index is 13.3. The van der Waals surface area contributed by atoms with Gasteiger partial charge in [-0.2, -0.15) is 0 Å². The zero-order valence-electron chi connectivity index (χ0n) is 18.6. The Bertz CT molecular complexity index is 837. The van der Waals surface area contributed by atoms with Crippen molar-refractivity contribution in [2.45, 2.75) is 60.5 Å². The number of hydrogen-bond donors (Lipinski definition) is 1. The molecule has 1 N–H and O–H groups in total. The van der Waals surface area contributed by atoms with Crippen molar-refractivity contribution in [3.63, 3.8) is 0 Å². The molecule has 0 fully saturated rings. The Kier molecular flexibility index (Phi) is 8.00. The Hall–Kier alpha value is -2.62. The van der Waals surface area contributed by atoms with Gasteiger partial charge in [0.05, 0.1) is 6.42 Å². The SMILES string of the molecule is Cc1cc(C)cc(CC(=O)N(Cc2ccccc2C)[C@@H](C)C(=O)NCC(C)C)c1. The summed E-state index contributed by atoms with van der Waals surface area (Å²) in [6.07, 6.45) is 0.288. The van der Waals surface area contributed by atoms with Gasteiger partial charge >= 0.3 is 0 Å². The van der Waals surface area contributed by atoms with Crippen LogP contribution in [0.1, 0.15) is 48.6 Å². The summed E-state index contributed by atoms with van der Waals surface area (Å²) in [6.45, 7) is 13.1. The van der Waals surface area contributed by atoms with Gasteiger partial charge in [0, 0.05) is 13.1 Å². The van der Waals surface area contributed by atoms with E-state index in [1.807, 2.05) is 64.1 Å². The van der Waals surface area contributed by atoms with Gasteiger partial charge in [-0.1, -0.05) is 67.4 Å². The Morgan fingerprint density at radius 1 is 0.966 bits per heavy atom. The van der Waals surface area contributed by atoms with Crippen molar-refractivity contribution in [2.24, 2.45) is 5.92 Å². The highest BCUT2D eigenvalue weighted by Gasteiger charge is 2.26. The molecule has 0 radical (unpaired) electrons. The maximum Gasteiger partial charge on any atom is 0.242 e. The number of amides is 2.